The second-order valence-electron chi connectivity index (χ2n) is 3.92. The molecule has 0 aliphatic heterocycles. The largest absolute Gasteiger partial charge is 0.392 e. The van der Waals surface area contributed by atoms with Gasteiger partial charge in [0.05, 0.1) is 6.10 Å². The summed E-state index contributed by atoms with van der Waals surface area (Å²) in [5, 5.41) is 10.7. The molecule has 1 rings (SSSR count). The number of rotatable bonds is 5. The van der Waals surface area contributed by atoms with Gasteiger partial charge in [-0.05, 0) is 30.5 Å². The number of halogens is 1. The first-order chi connectivity index (χ1) is 7.19. The van der Waals surface area contributed by atoms with E-state index in [4.69, 9.17) is 11.6 Å². The average Bonchev–Trinajstić information content (AvgIpc) is 2.22. The van der Waals surface area contributed by atoms with Crippen LogP contribution >= 0.6 is 11.6 Å². The third kappa shape index (κ3) is 3.51. The quantitative estimate of drug-likeness (QED) is 0.805. The zero-order valence-electron chi connectivity index (χ0n) is 9.41. The maximum Gasteiger partial charge on any atom is 0.0608 e. The van der Waals surface area contributed by atoms with E-state index in [1.807, 2.05) is 24.3 Å². The van der Waals surface area contributed by atoms with Gasteiger partial charge in [-0.2, -0.15) is 0 Å². The lowest BCUT2D eigenvalue weighted by atomic mass is 9.89. The van der Waals surface area contributed by atoms with Crippen LogP contribution in [0.4, 0.5) is 0 Å². The van der Waals surface area contributed by atoms with Gasteiger partial charge in [0.15, 0.2) is 0 Å². The summed E-state index contributed by atoms with van der Waals surface area (Å²) in [7, 11) is 0. The van der Waals surface area contributed by atoms with Crippen molar-refractivity contribution in [2.24, 2.45) is 0 Å². The average molecular weight is 227 g/mol. The van der Waals surface area contributed by atoms with E-state index in [-0.39, 0.29) is 12.0 Å². The molecule has 2 heteroatoms. The van der Waals surface area contributed by atoms with E-state index in [0.717, 1.165) is 24.3 Å². The van der Waals surface area contributed by atoms with Gasteiger partial charge in [0.1, 0.15) is 0 Å². The van der Waals surface area contributed by atoms with Crippen molar-refractivity contribution in [2.75, 3.05) is 0 Å². The molecule has 1 N–H and O–H groups in total. The SMILES string of the molecule is CCCC(O)C(CC)c1ccc(Cl)cc1. The molecule has 1 nitrogen and oxygen atoms in total. The third-order valence-electron chi connectivity index (χ3n) is 2.79. The second kappa shape index (κ2) is 6.14. The van der Waals surface area contributed by atoms with Gasteiger partial charge < -0.3 is 5.11 Å². The third-order valence-corrected chi connectivity index (χ3v) is 3.04. The van der Waals surface area contributed by atoms with Crippen molar-refractivity contribution in [2.45, 2.75) is 45.1 Å². The van der Waals surface area contributed by atoms with Crippen LogP contribution in [0.15, 0.2) is 24.3 Å². The molecule has 0 fully saturated rings. The molecule has 0 aromatic heterocycles. The highest BCUT2D eigenvalue weighted by Gasteiger charge is 2.18. The molecule has 0 radical (unpaired) electrons. The predicted octanol–water partition coefficient (Wildman–Crippen LogP) is 3.99. The predicted molar refractivity (Wildman–Crippen MR) is 65.4 cm³/mol. The molecule has 1 aromatic carbocycles. The lowest BCUT2D eigenvalue weighted by Gasteiger charge is -2.21. The van der Waals surface area contributed by atoms with E-state index in [1.54, 1.807) is 0 Å². The summed E-state index contributed by atoms with van der Waals surface area (Å²) in [6.07, 6.45) is 2.61. The second-order valence-corrected chi connectivity index (χ2v) is 4.36. The molecule has 0 bridgehead atoms. The Kier molecular flexibility index (Phi) is 5.13. The van der Waals surface area contributed by atoms with E-state index in [0.29, 0.717) is 0 Å². The molecule has 84 valence electrons. The van der Waals surface area contributed by atoms with Gasteiger partial charge in [0.2, 0.25) is 0 Å². The molecule has 0 amide bonds. The lowest BCUT2D eigenvalue weighted by molar-refractivity contribution is 0.130. The van der Waals surface area contributed by atoms with Crippen LogP contribution in [0.25, 0.3) is 0 Å². The van der Waals surface area contributed by atoms with Crippen LogP contribution in [-0.2, 0) is 0 Å². The van der Waals surface area contributed by atoms with Gasteiger partial charge in [0.25, 0.3) is 0 Å². The summed E-state index contributed by atoms with van der Waals surface area (Å²) >= 11 is 5.84. The van der Waals surface area contributed by atoms with Crippen molar-refractivity contribution in [3.05, 3.63) is 34.9 Å². The topological polar surface area (TPSA) is 20.2 Å². The van der Waals surface area contributed by atoms with Crippen LogP contribution in [0.2, 0.25) is 5.02 Å². The van der Waals surface area contributed by atoms with Gasteiger partial charge >= 0.3 is 0 Å². The Balaban J connectivity index is 2.77. The van der Waals surface area contributed by atoms with E-state index in [1.165, 1.54) is 5.56 Å². The fourth-order valence-electron chi connectivity index (χ4n) is 1.94. The van der Waals surface area contributed by atoms with Gasteiger partial charge in [-0.15, -0.1) is 0 Å². The molecule has 0 saturated carbocycles. The van der Waals surface area contributed by atoms with Crippen LogP contribution < -0.4 is 0 Å². The summed E-state index contributed by atoms with van der Waals surface area (Å²) in [6.45, 7) is 4.20. The minimum absolute atomic E-state index is 0.235. The van der Waals surface area contributed by atoms with Gasteiger partial charge in [-0.1, -0.05) is 44.0 Å². The Morgan fingerprint density at radius 2 is 1.80 bits per heavy atom. The van der Waals surface area contributed by atoms with Gasteiger partial charge in [-0.25, -0.2) is 0 Å². The highest BCUT2D eigenvalue weighted by atomic mass is 35.5. The zero-order chi connectivity index (χ0) is 11.3. The maximum atomic E-state index is 10.00. The first kappa shape index (κ1) is 12.5. The van der Waals surface area contributed by atoms with Crippen molar-refractivity contribution in [3.8, 4) is 0 Å². The Hall–Kier alpha value is -0.530. The Morgan fingerprint density at radius 3 is 2.27 bits per heavy atom. The number of benzene rings is 1. The van der Waals surface area contributed by atoms with Gasteiger partial charge in [-0.3, -0.25) is 0 Å². The minimum Gasteiger partial charge on any atom is -0.392 e. The van der Waals surface area contributed by atoms with Crippen molar-refractivity contribution in [3.63, 3.8) is 0 Å². The number of hydrogen-bond donors (Lipinski definition) is 1. The molecule has 2 unspecified atom stereocenters. The summed E-state index contributed by atoms with van der Waals surface area (Å²) in [5.74, 6) is 0.238. The fraction of sp³-hybridized carbons (Fsp3) is 0.538. The molecule has 0 saturated heterocycles. The number of aliphatic hydroxyl groups excluding tert-OH is 1. The molecule has 0 aliphatic rings. The summed E-state index contributed by atoms with van der Waals surface area (Å²) in [4.78, 5) is 0. The lowest BCUT2D eigenvalue weighted by Crippen LogP contribution is -2.17. The molecule has 0 heterocycles. The first-order valence-electron chi connectivity index (χ1n) is 5.62. The molecular formula is C13H19ClO. The van der Waals surface area contributed by atoms with Gasteiger partial charge in [0, 0.05) is 10.9 Å². The standard InChI is InChI=1S/C13H19ClO/c1-3-5-13(15)12(4-2)10-6-8-11(14)9-7-10/h6-9,12-13,15H,3-5H2,1-2H3. The normalized spacial score (nSPS) is 14.9. The highest BCUT2D eigenvalue weighted by Crippen LogP contribution is 2.26. The Labute approximate surface area is 97.1 Å². The molecule has 0 aliphatic carbocycles. The summed E-state index contributed by atoms with van der Waals surface area (Å²) in [5.41, 5.74) is 1.18. The molecule has 0 spiro atoms. The fourth-order valence-corrected chi connectivity index (χ4v) is 2.06. The summed E-state index contributed by atoms with van der Waals surface area (Å²) < 4.78 is 0. The van der Waals surface area contributed by atoms with Crippen LogP contribution in [0.1, 0.15) is 44.6 Å². The smallest absolute Gasteiger partial charge is 0.0608 e. The van der Waals surface area contributed by atoms with E-state index in [2.05, 4.69) is 13.8 Å². The Bertz CT molecular complexity index is 281. The number of hydrogen-bond acceptors (Lipinski definition) is 1. The van der Waals surface area contributed by atoms with Crippen LogP contribution in [-0.4, -0.2) is 11.2 Å². The van der Waals surface area contributed by atoms with Crippen LogP contribution in [0, 0.1) is 0 Å². The van der Waals surface area contributed by atoms with Crippen molar-refractivity contribution >= 4 is 11.6 Å². The van der Waals surface area contributed by atoms with Crippen molar-refractivity contribution in [1.29, 1.82) is 0 Å². The molecule has 15 heavy (non-hydrogen) atoms. The molecule has 2 atom stereocenters. The van der Waals surface area contributed by atoms with E-state index in [9.17, 15) is 5.11 Å². The van der Waals surface area contributed by atoms with Crippen molar-refractivity contribution in [1.82, 2.24) is 0 Å². The van der Waals surface area contributed by atoms with E-state index >= 15 is 0 Å². The van der Waals surface area contributed by atoms with Crippen LogP contribution in [0.5, 0.6) is 0 Å². The Morgan fingerprint density at radius 1 is 1.20 bits per heavy atom. The zero-order valence-corrected chi connectivity index (χ0v) is 10.2. The minimum atomic E-state index is -0.235. The monoisotopic (exact) mass is 226 g/mol. The summed E-state index contributed by atoms with van der Waals surface area (Å²) in [6, 6.07) is 7.79. The molecular weight excluding hydrogens is 208 g/mol. The molecule has 1 aromatic rings. The number of aliphatic hydroxyl groups is 1. The van der Waals surface area contributed by atoms with Crippen LogP contribution in [0.3, 0.4) is 0 Å². The highest BCUT2D eigenvalue weighted by molar-refractivity contribution is 6.30. The maximum absolute atomic E-state index is 10.00. The van der Waals surface area contributed by atoms with Crippen molar-refractivity contribution < 1.29 is 5.11 Å². The first-order valence-corrected chi connectivity index (χ1v) is 6.00. The van der Waals surface area contributed by atoms with E-state index < -0.39 is 0 Å².